The predicted molar refractivity (Wildman–Crippen MR) is 56.2 cm³/mol. The van der Waals surface area contributed by atoms with Crippen molar-refractivity contribution in [3.63, 3.8) is 0 Å². The lowest BCUT2D eigenvalue weighted by atomic mass is 10.1. The molecule has 0 amide bonds. The number of rotatable bonds is 7. The summed E-state index contributed by atoms with van der Waals surface area (Å²) in [6.45, 7) is 2.45. The van der Waals surface area contributed by atoms with E-state index in [1.807, 2.05) is 6.92 Å². The number of hydrogen-bond acceptors (Lipinski definition) is 4. The number of nitrogens with one attached hydrogen (secondary N) is 1. The summed E-state index contributed by atoms with van der Waals surface area (Å²) in [4.78, 5) is 10.7. The van der Waals surface area contributed by atoms with Gasteiger partial charge in [-0.3, -0.25) is 4.79 Å². The average Bonchev–Trinajstić information content (AvgIpc) is 2.11. The topological polar surface area (TPSA) is 75.3 Å². The van der Waals surface area contributed by atoms with E-state index >= 15 is 0 Å². The van der Waals surface area contributed by atoms with E-state index in [2.05, 4.69) is 17.9 Å². The molecule has 2 atom stereocenters. The van der Waals surface area contributed by atoms with Crippen molar-refractivity contribution in [3.8, 4) is 0 Å². The molecule has 0 spiro atoms. The molecule has 0 aromatic rings. The van der Waals surface area contributed by atoms with E-state index in [1.54, 1.807) is 0 Å². The van der Waals surface area contributed by atoms with Gasteiger partial charge >= 0.3 is 5.97 Å². The van der Waals surface area contributed by atoms with Gasteiger partial charge in [-0.15, -0.1) is 0 Å². The number of carboxylic acids is 1. The minimum atomic E-state index is -0.812. The number of hydrogen-bond donors (Lipinski definition) is 4. The van der Waals surface area contributed by atoms with E-state index in [0.29, 0.717) is 18.7 Å². The van der Waals surface area contributed by atoms with Gasteiger partial charge in [0, 0.05) is 18.3 Å². The highest BCUT2D eigenvalue weighted by Gasteiger charge is 2.15. The zero-order valence-corrected chi connectivity index (χ0v) is 8.76. The van der Waals surface area contributed by atoms with Gasteiger partial charge in [0.15, 0.2) is 0 Å². The summed E-state index contributed by atoms with van der Waals surface area (Å²) in [6.07, 6.45) is 1.48. The van der Waals surface area contributed by atoms with Gasteiger partial charge in [0.05, 0.1) is 0 Å². The van der Waals surface area contributed by atoms with Gasteiger partial charge in [-0.25, -0.2) is 0 Å². The van der Waals surface area contributed by atoms with Gasteiger partial charge in [-0.2, -0.15) is 12.6 Å². The quantitative estimate of drug-likeness (QED) is 0.445. The van der Waals surface area contributed by atoms with Crippen molar-refractivity contribution >= 4 is 18.6 Å². The Hall–Kier alpha value is -0.260. The zero-order chi connectivity index (χ0) is 10.3. The molecule has 5 heteroatoms. The van der Waals surface area contributed by atoms with Gasteiger partial charge < -0.3 is 16.2 Å². The van der Waals surface area contributed by atoms with Crippen molar-refractivity contribution in [1.29, 1.82) is 0 Å². The maximum absolute atomic E-state index is 10.7. The molecular formula is C8H18N2O2S. The molecule has 0 saturated heterocycles. The maximum Gasteiger partial charge on any atom is 0.320 e. The van der Waals surface area contributed by atoms with E-state index < -0.39 is 12.0 Å². The highest BCUT2D eigenvalue weighted by molar-refractivity contribution is 7.80. The molecule has 0 heterocycles. The second-order valence-electron chi connectivity index (χ2n) is 3.03. The lowest BCUT2D eigenvalue weighted by Gasteiger charge is -2.15. The third kappa shape index (κ3) is 5.90. The van der Waals surface area contributed by atoms with E-state index in [0.717, 1.165) is 6.42 Å². The molecule has 0 aromatic carbocycles. The summed E-state index contributed by atoms with van der Waals surface area (Å²) in [6, 6.07) is -0.557. The first kappa shape index (κ1) is 12.7. The van der Waals surface area contributed by atoms with Gasteiger partial charge in [0.1, 0.15) is 6.04 Å². The van der Waals surface area contributed by atoms with Gasteiger partial charge in [-0.1, -0.05) is 13.3 Å². The second-order valence-corrected chi connectivity index (χ2v) is 3.40. The van der Waals surface area contributed by atoms with Crippen molar-refractivity contribution in [2.45, 2.75) is 31.8 Å². The minimum Gasteiger partial charge on any atom is -0.480 e. The van der Waals surface area contributed by atoms with Crippen LogP contribution in [0.3, 0.4) is 0 Å². The molecule has 13 heavy (non-hydrogen) atoms. The molecule has 0 rings (SSSR count). The van der Waals surface area contributed by atoms with E-state index in [4.69, 9.17) is 10.8 Å². The molecule has 0 aliphatic carbocycles. The van der Waals surface area contributed by atoms with Crippen LogP contribution in [-0.4, -0.2) is 35.5 Å². The smallest absolute Gasteiger partial charge is 0.320 e. The Bertz CT molecular complexity index is 155. The monoisotopic (exact) mass is 206 g/mol. The Kier molecular flexibility index (Phi) is 7.03. The Labute approximate surface area is 84.3 Å². The normalized spacial score (nSPS) is 15.3. The minimum absolute atomic E-state index is 0.0814. The van der Waals surface area contributed by atoms with Crippen LogP contribution in [-0.2, 0) is 4.79 Å². The van der Waals surface area contributed by atoms with E-state index in [9.17, 15) is 4.79 Å². The Morgan fingerprint density at radius 1 is 1.69 bits per heavy atom. The number of aliphatic carboxylic acids is 1. The molecule has 0 bridgehead atoms. The van der Waals surface area contributed by atoms with Gasteiger partial charge in [0.2, 0.25) is 0 Å². The number of carbonyl (C=O) groups is 1. The first-order valence-electron chi connectivity index (χ1n) is 4.44. The number of carboxylic acid groups (broad SMARTS) is 1. The number of thiol groups is 1. The number of nitrogens with two attached hydrogens (primary N) is 1. The van der Waals surface area contributed by atoms with Crippen LogP contribution in [0.5, 0.6) is 0 Å². The fourth-order valence-electron chi connectivity index (χ4n) is 0.960. The molecule has 0 unspecified atom stereocenters. The molecule has 0 aliphatic heterocycles. The van der Waals surface area contributed by atoms with E-state index in [1.165, 1.54) is 0 Å². The summed E-state index contributed by atoms with van der Waals surface area (Å²) in [7, 11) is 0. The van der Waals surface area contributed by atoms with Crippen molar-refractivity contribution in [1.82, 2.24) is 5.32 Å². The first-order chi connectivity index (χ1) is 6.11. The van der Waals surface area contributed by atoms with Crippen LogP contribution in [0, 0.1) is 0 Å². The summed E-state index contributed by atoms with van der Waals surface area (Å²) in [5.74, 6) is -0.251. The first-order valence-corrected chi connectivity index (χ1v) is 5.07. The molecule has 4 N–H and O–H groups in total. The fourth-order valence-corrected chi connectivity index (χ4v) is 1.09. The largest absolute Gasteiger partial charge is 0.480 e. The van der Waals surface area contributed by atoms with Crippen LogP contribution in [0.15, 0.2) is 0 Å². The molecule has 0 fully saturated rings. The van der Waals surface area contributed by atoms with Crippen LogP contribution >= 0.6 is 12.6 Å². The summed E-state index contributed by atoms with van der Waals surface area (Å²) in [5, 5.41) is 11.7. The lowest BCUT2D eigenvalue weighted by Crippen LogP contribution is -2.44. The molecular weight excluding hydrogens is 188 g/mol. The summed E-state index contributed by atoms with van der Waals surface area (Å²) >= 11 is 4.01. The predicted octanol–water partition coefficient (Wildman–Crippen LogP) is 0.0864. The molecule has 0 radical (unpaired) electrons. The van der Waals surface area contributed by atoms with Gasteiger partial charge in [-0.05, 0) is 6.42 Å². The maximum atomic E-state index is 10.7. The van der Waals surface area contributed by atoms with Crippen LogP contribution in [0.2, 0.25) is 0 Å². The van der Waals surface area contributed by atoms with Crippen LogP contribution in [0.1, 0.15) is 19.8 Å². The summed E-state index contributed by atoms with van der Waals surface area (Å²) in [5.41, 5.74) is 5.59. The van der Waals surface area contributed by atoms with Crippen LogP contribution in [0.4, 0.5) is 0 Å². The second kappa shape index (κ2) is 7.17. The van der Waals surface area contributed by atoms with Crippen molar-refractivity contribution in [2.75, 3.05) is 12.3 Å². The van der Waals surface area contributed by atoms with Crippen molar-refractivity contribution in [3.05, 3.63) is 0 Å². The Morgan fingerprint density at radius 3 is 2.69 bits per heavy atom. The highest BCUT2D eigenvalue weighted by Crippen LogP contribution is 1.96. The third-order valence-corrected chi connectivity index (χ3v) is 2.21. The molecule has 4 nitrogen and oxygen atoms in total. The Morgan fingerprint density at radius 2 is 2.31 bits per heavy atom. The average molecular weight is 206 g/mol. The van der Waals surface area contributed by atoms with Crippen molar-refractivity contribution in [2.24, 2.45) is 5.73 Å². The van der Waals surface area contributed by atoms with Crippen LogP contribution in [0.25, 0.3) is 0 Å². The zero-order valence-electron chi connectivity index (χ0n) is 7.86. The molecule has 0 aliphatic rings. The summed E-state index contributed by atoms with van der Waals surface area (Å²) < 4.78 is 0. The molecule has 78 valence electrons. The molecule has 0 aromatic heterocycles. The third-order valence-electron chi connectivity index (χ3n) is 1.74. The van der Waals surface area contributed by atoms with Gasteiger partial charge in [0.25, 0.3) is 0 Å². The SMILES string of the molecule is CCC[C@H](NC[C@@H](N)CS)C(=O)O. The lowest BCUT2D eigenvalue weighted by molar-refractivity contribution is -0.139. The van der Waals surface area contributed by atoms with Crippen LogP contribution < -0.4 is 11.1 Å². The standard InChI is InChI=1S/C8H18N2O2S/c1-2-3-7(8(11)12)10-4-6(9)5-13/h6-7,10,13H,2-5,9H2,1H3,(H,11,12)/t6-,7+/m1/s1. The molecule has 0 saturated carbocycles. The fraction of sp³-hybridized carbons (Fsp3) is 0.875. The Balaban J connectivity index is 3.75. The highest BCUT2D eigenvalue weighted by atomic mass is 32.1. The van der Waals surface area contributed by atoms with Crippen molar-refractivity contribution < 1.29 is 9.90 Å². The van der Waals surface area contributed by atoms with E-state index in [-0.39, 0.29) is 6.04 Å².